The largest absolute Gasteiger partial charge is 0.444 e. The third kappa shape index (κ3) is 6.86. The van der Waals surface area contributed by atoms with Gasteiger partial charge in [0.15, 0.2) is 0 Å². The molecule has 1 atom stereocenters. The molecule has 0 fully saturated rings. The van der Waals surface area contributed by atoms with Crippen LogP contribution in [0.25, 0.3) is 0 Å². The van der Waals surface area contributed by atoms with Crippen molar-refractivity contribution in [1.29, 1.82) is 0 Å². The van der Waals surface area contributed by atoms with Gasteiger partial charge in [-0.25, -0.2) is 4.79 Å². The molecule has 0 aliphatic heterocycles. The molecule has 0 unspecified atom stereocenters. The van der Waals surface area contributed by atoms with Crippen molar-refractivity contribution in [3.63, 3.8) is 0 Å². The molecule has 0 aliphatic carbocycles. The van der Waals surface area contributed by atoms with Crippen LogP contribution in [-0.4, -0.2) is 29.7 Å². The SMILES string of the molecule is C[C@H](CN)CN(Cc1cc(Cl)cc(Cl)c1)C(=O)OC(C)(C)C. The van der Waals surface area contributed by atoms with Crippen LogP contribution in [0.4, 0.5) is 4.79 Å². The van der Waals surface area contributed by atoms with E-state index in [0.29, 0.717) is 29.7 Å². The highest BCUT2D eigenvalue weighted by Gasteiger charge is 2.23. The zero-order valence-electron chi connectivity index (χ0n) is 13.5. The lowest BCUT2D eigenvalue weighted by Gasteiger charge is -2.29. The fourth-order valence-corrected chi connectivity index (χ4v) is 2.47. The molecule has 1 rings (SSSR count). The quantitative estimate of drug-likeness (QED) is 0.863. The van der Waals surface area contributed by atoms with E-state index >= 15 is 0 Å². The second-order valence-electron chi connectivity index (χ2n) is 6.48. The molecule has 0 radical (unpaired) electrons. The van der Waals surface area contributed by atoms with Gasteiger partial charge >= 0.3 is 6.09 Å². The van der Waals surface area contributed by atoms with E-state index in [2.05, 4.69) is 0 Å². The molecule has 0 bridgehead atoms. The van der Waals surface area contributed by atoms with Crippen LogP contribution in [0, 0.1) is 5.92 Å². The third-order valence-electron chi connectivity index (χ3n) is 2.88. The summed E-state index contributed by atoms with van der Waals surface area (Å²) >= 11 is 12.0. The summed E-state index contributed by atoms with van der Waals surface area (Å²) in [5.41, 5.74) is 5.97. The molecule has 1 aromatic rings. The molecule has 124 valence electrons. The summed E-state index contributed by atoms with van der Waals surface area (Å²) < 4.78 is 5.46. The number of nitrogens with two attached hydrogens (primary N) is 1. The molecule has 0 spiro atoms. The lowest BCUT2D eigenvalue weighted by atomic mass is 10.1. The number of benzene rings is 1. The van der Waals surface area contributed by atoms with Gasteiger partial charge in [0.1, 0.15) is 5.60 Å². The maximum atomic E-state index is 12.4. The summed E-state index contributed by atoms with van der Waals surface area (Å²) in [4.78, 5) is 14.0. The van der Waals surface area contributed by atoms with Crippen molar-refractivity contribution < 1.29 is 9.53 Å². The molecule has 0 saturated heterocycles. The monoisotopic (exact) mass is 346 g/mol. The highest BCUT2D eigenvalue weighted by atomic mass is 35.5. The number of carbonyl (C=O) groups excluding carboxylic acids is 1. The Morgan fingerprint density at radius 3 is 2.27 bits per heavy atom. The lowest BCUT2D eigenvalue weighted by Crippen LogP contribution is -2.40. The van der Waals surface area contributed by atoms with Crippen LogP contribution in [0.5, 0.6) is 0 Å². The Labute approximate surface area is 142 Å². The molecule has 0 aliphatic rings. The molecular weight excluding hydrogens is 323 g/mol. The average molecular weight is 347 g/mol. The average Bonchev–Trinajstić information content (AvgIpc) is 2.34. The lowest BCUT2D eigenvalue weighted by molar-refractivity contribution is 0.0209. The van der Waals surface area contributed by atoms with E-state index in [1.165, 1.54) is 0 Å². The van der Waals surface area contributed by atoms with Crippen LogP contribution in [0.3, 0.4) is 0 Å². The number of ether oxygens (including phenoxy) is 1. The van der Waals surface area contributed by atoms with Crippen LogP contribution in [0.15, 0.2) is 18.2 Å². The topological polar surface area (TPSA) is 55.6 Å². The van der Waals surface area contributed by atoms with Crippen molar-refractivity contribution in [2.75, 3.05) is 13.1 Å². The predicted octanol–water partition coefficient (Wildman–Crippen LogP) is 4.33. The molecule has 2 N–H and O–H groups in total. The minimum atomic E-state index is -0.548. The number of hydrogen-bond donors (Lipinski definition) is 1. The summed E-state index contributed by atoms with van der Waals surface area (Å²) in [6.07, 6.45) is -0.371. The van der Waals surface area contributed by atoms with E-state index in [9.17, 15) is 4.79 Å². The first-order valence-electron chi connectivity index (χ1n) is 7.23. The summed E-state index contributed by atoms with van der Waals surface area (Å²) in [7, 11) is 0. The van der Waals surface area contributed by atoms with E-state index in [1.54, 1.807) is 23.1 Å². The van der Waals surface area contributed by atoms with Crippen LogP contribution < -0.4 is 5.73 Å². The van der Waals surface area contributed by atoms with Crippen molar-refractivity contribution in [1.82, 2.24) is 4.90 Å². The predicted molar refractivity (Wildman–Crippen MR) is 91.3 cm³/mol. The van der Waals surface area contributed by atoms with Gasteiger partial charge in [0.05, 0.1) is 0 Å². The van der Waals surface area contributed by atoms with Crippen molar-refractivity contribution in [3.05, 3.63) is 33.8 Å². The van der Waals surface area contributed by atoms with Crippen LogP contribution >= 0.6 is 23.2 Å². The maximum absolute atomic E-state index is 12.4. The summed E-state index contributed by atoms with van der Waals surface area (Å²) in [6, 6.07) is 5.24. The van der Waals surface area contributed by atoms with E-state index in [0.717, 1.165) is 5.56 Å². The van der Waals surface area contributed by atoms with Gasteiger partial charge in [0.25, 0.3) is 0 Å². The van der Waals surface area contributed by atoms with Crippen molar-refractivity contribution in [2.24, 2.45) is 11.7 Å². The van der Waals surface area contributed by atoms with E-state index in [1.807, 2.05) is 27.7 Å². The van der Waals surface area contributed by atoms with Crippen molar-refractivity contribution in [2.45, 2.75) is 39.8 Å². The number of carbonyl (C=O) groups is 1. The minimum Gasteiger partial charge on any atom is -0.444 e. The van der Waals surface area contributed by atoms with Gasteiger partial charge in [0.2, 0.25) is 0 Å². The van der Waals surface area contributed by atoms with Crippen molar-refractivity contribution in [3.8, 4) is 0 Å². The third-order valence-corrected chi connectivity index (χ3v) is 3.32. The van der Waals surface area contributed by atoms with Crippen LogP contribution in [0.1, 0.15) is 33.3 Å². The van der Waals surface area contributed by atoms with Gasteiger partial charge in [-0.2, -0.15) is 0 Å². The maximum Gasteiger partial charge on any atom is 0.410 e. The van der Waals surface area contributed by atoms with Crippen LogP contribution in [0.2, 0.25) is 10.0 Å². The zero-order valence-corrected chi connectivity index (χ0v) is 15.0. The fraction of sp³-hybridized carbons (Fsp3) is 0.562. The first-order valence-corrected chi connectivity index (χ1v) is 7.99. The molecule has 0 heterocycles. The highest BCUT2D eigenvalue weighted by Crippen LogP contribution is 2.21. The van der Waals surface area contributed by atoms with Crippen LogP contribution in [-0.2, 0) is 11.3 Å². The van der Waals surface area contributed by atoms with Gasteiger partial charge in [-0.15, -0.1) is 0 Å². The van der Waals surface area contributed by atoms with Crippen molar-refractivity contribution >= 4 is 29.3 Å². The van der Waals surface area contributed by atoms with E-state index in [-0.39, 0.29) is 12.0 Å². The first-order chi connectivity index (χ1) is 10.1. The molecule has 1 amide bonds. The molecule has 4 nitrogen and oxygen atoms in total. The number of hydrogen-bond acceptors (Lipinski definition) is 3. The second kappa shape index (κ2) is 8.04. The number of nitrogens with zero attached hydrogens (tertiary/aromatic N) is 1. The molecule has 0 saturated carbocycles. The Bertz CT molecular complexity index is 495. The van der Waals surface area contributed by atoms with Gasteiger partial charge in [-0.1, -0.05) is 30.1 Å². The molecule has 22 heavy (non-hydrogen) atoms. The Hall–Kier alpha value is -0.970. The summed E-state index contributed by atoms with van der Waals surface area (Å²) in [6.45, 7) is 8.88. The number of rotatable bonds is 5. The molecule has 6 heteroatoms. The Kier molecular flexibility index (Phi) is 6.98. The number of amides is 1. The van der Waals surface area contributed by atoms with Gasteiger partial charge < -0.3 is 15.4 Å². The smallest absolute Gasteiger partial charge is 0.410 e. The van der Waals surface area contributed by atoms with E-state index in [4.69, 9.17) is 33.7 Å². The minimum absolute atomic E-state index is 0.169. The summed E-state index contributed by atoms with van der Waals surface area (Å²) in [5, 5.41) is 1.08. The standard InChI is InChI=1S/C16H24Cl2N2O2/c1-11(8-19)9-20(15(21)22-16(2,3)4)10-12-5-13(17)7-14(18)6-12/h5-7,11H,8-10,19H2,1-4H3/t11-/m1/s1. The highest BCUT2D eigenvalue weighted by molar-refractivity contribution is 6.34. The Morgan fingerprint density at radius 2 is 1.82 bits per heavy atom. The fourth-order valence-electron chi connectivity index (χ4n) is 1.90. The molecule has 0 aromatic heterocycles. The van der Waals surface area contributed by atoms with Gasteiger partial charge in [0, 0.05) is 23.1 Å². The normalized spacial score (nSPS) is 12.9. The Morgan fingerprint density at radius 1 is 1.27 bits per heavy atom. The van der Waals surface area contributed by atoms with Gasteiger partial charge in [-0.3, -0.25) is 0 Å². The molecule has 1 aromatic carbocycles. The molecular formula is C16H24Cl2N2O2. The second-order valence-corrected chi connectivity index (χ2v) is 7.35. The Balaban J connectivity index is 2.92. The van der Waals surface area contributed by atoms with Gasteiger partial charge in [-0.05, 0) is 57.0 Å². The summed E-state index contributed by atoms with van der Waals surface area (Å²) in [5.74, 6) is 0.169. The zero-order chi connectivity index (χ0) is 16.9. The number of halogens is 2. The van der Waals surface area contributed by atoms with E-state index < -0.39 is 5.60 Å². The first kappa shape index (κ1) is 19.1.